The van der Waals surface area contributed by atoms with Gasteiger partial charge in [-0.05, 0) is 18.2 Å². The number of rotatable bonds is 4. The van der Waals surface area contributed by atoms with Gasteiger partial charge in [0.2, 0.25) is 5.91 Å². The number of amides is 1. The van der Waals surface area contributed by atoms with E-state index < -0.39 is 23.4 Å². The first-order valence-electron chi connectivity index (χ1n) is 4.08. The fraction of sp³-hybridized carbons (Fsp3) is 0.222. The van der Waals surface area contributed by atoms with Crippen molar-refractivity contribution in [3.05, 3.63) is 29.8 Å². The Balaban J connectivity index is 2.90. The highest BCUT2D eigenvalue weighted by molar-refractivity contribution is 6.20. The molecule has 0 aliphatic carbocycles. The van der Waals surface area contributed by atoms with Crippen molar-refractivity contribution in [1.29, 1.82) is 0 Å². The molecule has 0 fully saturated rings. The highest BCUT2D eigenvalue weighted by Gasteiger charge is 2.42. The molecule has 7 heteroatoms. The van der Waals surface area contributed by atoms with Crippen molar-refractivity contribution in [3.8, 4) is 5.75 Å². The number of halogens is 4. The quantitative estimate of drug-likeness (QED) is 0.837. The topological polar surface area (TPSA) is 52.3 Å². The van der Waals surface area contributed by atoms with Crippen molar-refractivity contribution in [1.82, 2.24) is 0 Å². The number of carbonyl (C=O) groups is 1. The van der Waals surface area contributed by atoms with Gasteiger partial charge in [-0.3, -0.25) is 4.79 Å². The molecule has 0 spiro atoms. The van der Waals surface area contributed by atoms with E-state index in [-0.39, 0.29) is 5.56 Å². The number of nitrogens with two attached hydrogens (primary N) is 1. The largest absolute Gasteiger partial charge is 0.444 e. The predicted molar refractivity (Wildman–Crippen MR) is 51.3 cm³/mol. The standard InChI is InChI=1S/C9H7ClF3NO2/c10-8(11)9(12,13)16-6-3-1-2-5(4-6)7(14)15/h1-4,8H,(H2,14,15). The van der Waals surface area contributed by atoms with Gasteiger partial charge in [0.25, 0.3) is 5.63 Å². The molecule has 0 saturated heterocycles. The number of ether oxygens (including phenoxy) is 1. The van der Waals surface area contributed by atoms with Crippen LogP contribution in [0.15, 0.2) is 24.3 Å². The second-order valence-electron chi connectivity index (χ2n) is 2.86. The van der Waals surface area contributed by atoms with Crippen LogP contribution in [0, 0.1) is 0 Å². The number of primary amides is 1. The lowest BCUT2D eigenvalue weighted by Crippen LogP contribution is -2.32. The van der Waals surface area contributed by atoms with Gasteiger partial charge in [-0.2, -0.15) is 8.78 Å². The second-order valence-corrected chi connectivity index (χ2v) is 3.24. The SMILES string of the molecule is NC(=O)c1cccc(OC(F)(F)C(F)Cl)c1. The van der Waals surface area contributed by atoms with Crippen molar-refractivity contribution in [3.63, 3.8) is 0 Å². The van der Waals surface area contributed by atoms with Crippen molar-refractivity contribution in [2.45, 2.75) is 11.7 Å². The van der Waals surface area contributed by atoms with Gasteiger partial charge >= 0.3 is 6.11 Å². The minimum absolute atomic E-state index is 0.0294. The summed E-state index contributed by atoms with van der Waals surface area (Å²) in [5, 5.41) is 0. The van der Waals surface area contributed by atoms with E-state index in [4.69, 9.17) is 5.73 Å². The molecular formula is C9H7ClF3NO2. The fourth-order valence-electron chi connectivity index (χ4n) is 0.915. The number of benzene rings is 1. The maximum absolute atomic E-state index is 12.7. The van der Waals surface area contributed by atoms with Crippen LogP contribution in [0.4, 0.5) is 13.2 Å². The molecule has 16 heavy (non-hydrogen) atoms. The molecule has 1 amide bonds. The highest BCUT2D eigenvalue weighted by Crippen LogP contribution is 2.28. The Morgan fingerprint density at radius 2 is 2.12 bits per heavy atom. The normalized spacial score (nSPS) is 13.2. The highest BCUT2D eigenvalue weighted by atomic mass is 35.5. The van der Waals surface area contributed by atoms with Crippen molar-refractivity contribution >= 4 is 17.5 Å². The lowest BCUT2D eigenvalue weighted by molar-refractivity contribution is -0.199. The average molecular weight is 254 g/mol. The molecule has 1 aromatic carbocycles. The molecule has 1 atom stereocenters. The van der Waals surface area contributed by atoms with Gasteiger partial charge in [-0.15, -0.1) is 0 Å². The first-order valence-corrected chi connectivity index (χ1v) is 4.51. The van der Waals surface area contributed by atoms with Crippen molar-refractivity contribution in [2.75, 3.05) is 0 Å². The van der Waals surface area contributed by atoms with E-state index in [1.165, 1.54) is 12.1 Å². The van der Waals surface area contributed by atoms with Crippen LogP contribution in [-0.2, 0) is 0 Å². The van der Waals surface area contributed by atoms with Crippen molar-refractivity contribution < 1.29 is 22.7 Å². The smallest absolute Gasteiger partial charge is 0.429 e. The van der Waals surface area contributed by atoms with Crippen LogP contribution in [0.2, 0.25) is 0 Å². The molecule has 3 nitrogen and oxygen atoms in total. The summed E-state index contributed by atoms with van der Waals surface area (Å²) in [6.07, 6.45) is -4.17. The predicted octanol–water partition coefficient (Wildman–Crippen LogP) is 2.29. The van der Waals surface area contributed by atoms with E-state index in [9.17, 15) is 18.0 Å². The van der Waals surface area contributed by atoms with Crippen molar-refractivity contribution in [2.24, 2.45) is 5.73 Å². The third kappa shape index (κ3) is 3.03. The summed E-state index contributed by atoms with van der Waals surface area (Å²) < 4.78 is 41.7. The Kier molecular flexibility index (Phi) is 3.64. The Labute approximate surface area is 93.9 Å². The first-order chi connectivity index (χ1) is 7.33. The molecule has 0 saturated carbocycles. The van der Waals surface area contributed by atoms with Gasteiger partial charge in [0.05, 0.1) is 0 Å². The molecule has 0 aliphatic rings. The fourth-order valence-corrected chi connectivity index (χ4v) is 0.959. The van der Waals surface area contributed by atoms with Crippen LogP contribution in [0.25, 0.3) is 0 Å². The number of hydrogen-bond donors (Lipinski definition) is 1. The number of carbonyl (C=O) groups excluding carboxylic acids is 1. The van der Waals surface area contributed by atoms with E-state index in [0.29, 0.717) is 0 Å². The molecule has 0 radical (unpaired) electrons. The van der Waals surface area contributed by atoms with E-state index in [1.807, 2.05) is 0 Å². The maximum atomic E-state index is 12.7. The molecule has 1 rings (SSSR count). The monoisotopic (exact) mass is 253 g/mol. The van der Waals surface area contributed by atoms with Gasteiger partial charge in [-0.1, -0.05) is 17.7 Å². The zero-order valence-electron chi connectivity index (χ0n) is 7.79. The summed E-state index contributed by atoms with van der Waals surface area (Å²) in [6.45, 7) is 0. The Hall–Kier alpha value is -1.43. The second kappa shape index (κ2) is 4.61. The lowest BCUT2D eigenvalue weighted by Gasteiger charge is -2.17. The first kappa shape index (κ1) is 12.6. The lowest BCUT2D eigenvalue weighted by atomic mass is 10.2. The minimum Gasteiger partial charge on any atom is -0.429 e. The summed E-state index contributed by atoms with van der Waals surface area (Å²) in [5.41, 5.74) is 1.91. The Morgan fingerprint density at radius 3 is 2.62 bits per heavy atom. The number of hydrogen-bond acceptors (Lipinski definition) is 2. The summed E-state index contributed by atoms with van der Waals surface area (Å²) in [5.74, 6) is -1.21. The van der Waals surface area contributed by atoms with Crippen LogP contribution in [0.3, 0.4) is 0 Å². The van der Waals surface area contributed by atoms with Crippen LogP contribution in [-0.4, -0.2) is 17.6 Å². The zero-order chi connectivity index (χ0) is 12.3. The Morgan fingerprint density at radius 1 is 1.50 bits per heavy atom. The summed E-state index contributed by atoms with van der Waals surface area (Å²) in [4.78, 5) is 10.7. The molecule has 0 bridgehead atoms. The minimum atomic E-state index is -4.17. The number of alkyl halides is 4. The van der Waals surface area contributed by atoms with E-state index in [1.54, 1.807) is 0 Å². The molecule has 1 unspecified atom stereocenters. The molecular weight excluding hydrogens is 247 g/mol. The van der Waals surface area contributed by atoms with Gasteiger partial charge in [0.1, 0.15) is 5.75 Å². The maximum Gasteiger partial charge on any atom is 0.444 e. The van der Waals surface area contributed by atoms with Gasteiger partial charge in [-0.25, -0.2) is 4.39 Å². The molecule has 0 aromatic heterocycles. The summed E-state index contributed by atoms with van der Waals surface area (Å²) in [7, 11) is 0. The molecule has 1 aromatic rings. The van der Waals surface area contributed by atoms with Crippen LogP contribution >= 0.6 is 11.6 Å². The van der Waals surface area contributed by atoms with Gasteiger partial charge < -0.3 is 10.5 Å². The summed E-state index contributed by atoms with van der Waals surface area (Å²) >= 11 is 4.59. The molecule has 0 heterocycles. The van der Waals surface area contributed by atoms with E-state index in [2.05, 4.69) is 16.3 Å². The third-order valence-electron chi connectivity index (χ3n) is 1.63. The molecule has 2 N–H and O–H groups in total. The van der Waals surface area contributed by atoms with E-state index in [0.717, 1.165) is 12.1 Å². The van der Waals surface area contributed by atoms with Gasteiger partial charge in [0.15, 0.2) is 0 Å². The molecule has 88 valence electrons. The van der Waals surface area contributed by atoms with Crippen LogP contribution in [0.5, 0.6) is 5.75 Å². The average Bonchev–Trinajstić information content (AvgIpc) is 2.17. The molecule has 0 aliphatic heterocycles. The van der Waals surface area contributed by atoms with Gasteiger partial charge in [0, 0.05) is 5.56 Å². The Bertz CT molecular complexity index is 398. The van der Waals surface area contributed by atoms with Crippen LogP contribution < -0.4 is 10.5 Å². The third-order valence-corrected chi connectivity index (χ3v) is 1.88. The van der Waals surface area contributed by atoms with Crippen LogP contribution in [0.1, 0.15) is 10.4 Å². The van der Waals surface area contributed by atoms with E-state index >= 15 is 0 Å². The zero-order valence-corrected chi connectivity index (χ0v) is 8.55. The summed E-state index contributed by atoms with van der Waals surface area (Å²) in [6, 6.07) is 4.67.